The van der Waals surface area contributed by atoms with E-state index in [1.165, 1.54) is 10.5 Å². The van der Waals surface area contributed by atoms with E-state index in [9.17, 15) is 14.7 Å². The van der Waals surface area contributed by atoms with Crippen LogP contribution in [-0.2, 0) is 16.2 Å². The zero-order valence-corrected chi connectivity index (χ0v) is 17.8. The maximum Gasteiger partial charge on any atom is 0.326 e. The minimum Gasteiger partial charge on any atom is -0.489 e. The Morgan fingerprint density at radius 2 is 1.86 bits per heavy atom. The minimum absolute atomic E-state index is 0.272. The normalized spacial score (nSPS) is 16.3. The van der Waals surface area contributed by atoms with E-state index in [1.807, 2.05) is 55.5 Å². The standard InChI is InChI=1S/C22H21NO4S2/c1-3-18(21(25)26)23-20(24)19(29-22(23)28)12-15-8-10-17(11-9-15)27-13-16-6-4-14(2)5-7-16/h4-12,18H,3,13H2,1-2H3,(H,25,26)/b19-12-. The number of hydrogen-bond donors (Lipinski definition) is 1. The molecule has 1 atom stereocenters. The Morgan fingerprint density at radius 3 is 2.45 bits per heavy atom. The van der Waals surface area contributed by atoms with Crippen LogP contribution in [-0.4, -0.2) is 32.2 Å². The lowest BCUT2D eigenvalue weighted by atomic mass is 10.1. The quantitative estimate of drug-likeness (QED) is 0.513. The molecule has 150 valence electrons. The van der Waals surface area contributed by atoms with Crippen molar-refractivity contribution in [2.75, 3.05) is 0 Å². The fourth-order valence-corrected chi connectivity index (χ4v) is 4.24. The SMILES string of the molecule is CCC(C(=O)O)N1C(=O)/C(=C/c2ccc(OCc3ccc(C)cc3)cc2)SC1=S. The topological polar surface area (TPSA) is 66.8 Å². The lowest BCUT2D eigenvalue weighted by Crippen LogP contribution is -2.43. The number of amides is 1. The van der Waals surface area contributed by atoms with Crippen molar-refractivity contribution in [2.45, 2.75) is 32.9 Å². The summed E-state index contributed by atoms with van der Waals surface area (Å²) in [6.07, 6.45) is 2.01. The van der Waals surface area contributed by atoms with Crippen molar-refractivity contribution >= 4 is 46.3 Å². The van der Waals surface area contributed by atoms with Crippen LogP contribution in [0.5, 0.6) is 5.75 Å². The molecule has 29 heavy (non-hydrogen) atoms. The van der Waals surface area contributed by atoms with Gasteiger partial charge in [0.1, 0.15) is 22.7 Å². The average molecular weight is 428 g/mol. The Bertz CT molecular complexity index is 952. The Hall–Kier alpha value is -2.64. The molecule has 1 unspecified atom stereocenters. The maximum absolute atomic E-state index is 12.6. The first-order chi connectivity index (χ1) is 13.9. The number of carbonyl (C=O) groups is 2. The highest BCUT2D eigenvalue weighted by molar-refractivity contribution is 8.26. The zero-order chi connectivity index (χ0) is 21.0. The van der Waals surface area contributed by atoms with Crippen molar-refractivity contribution in [3.8, 4) is 5.75 Å². The van der Waals surface area contributed by atoms with E-state index >= 15 is 0 Å². The van der Waals surface area contributed by atoms with Crippen LogP contribution in [0.25, 0.3) is 6.08 Å². The molecule has 1 amide bonds. The summed E-state index contributed by atoms with van der Waals surface area (Å²) in [7, 11) is 0. The van der Waals surface area contributed by atoms with Gasteiger partial charge in [-0.05, 0) is 42.7 Å². The Balaban J connectivity index is 1.67. The first kappa shape index (κ1) is 21.1. The van der Waals surface area contributed by atoms with Gasteiger partial charge in [0, 0.05) is 0 Å². The highest BCUT2D eigenvalue weighted by Gasteiger charge is 2.39. The molecule has 2 aromatic carbocycles. The molecule has 5 nitrogen and oxygen atoms in total. The van der Waals surface area contributed by atoms with Gasteiger partial charge in [0.15, 0.2) is 0 Å². The summed E-state index contributed by atoms with van der Waals surface area (Å²) in [6.45, 7) is 4.24. The summed E-state index contributed by atoms with van der Waals surface area (Å²) in [4.78, 5) is 25.6. The molecule has 0 bridgehead atoms. The van der Waals surface area contributed by atoms with Gasteiger partial charge in [-0.25, -0.2) is 4.79 Å². The van der Waals surface area contributed by atoms with Crippen LogP contribution < -0.4 is 4.74 Å². The van der Waals surface area contributed by atoms with E-state index in [0.717, 1.165) is 28.6 Å². The summed E-state index contributed by atoms with van der Waals surface area (Å²) < 4.78 is 6.07. The molecule has 1 N–H and O–H groups in total. The van der Waals surface area contributed by atoms with Crippen molar-refractivity contribution in [2.24, 2.45) is 0 Å². The molecule has 1 heterocycles. The van der Waals surface area contributed by atoms with Crippen molar-refractivity contribution in [1.82, 2.24) is 4.90 Å². The van der Waals surface area contributed by atoms with E-state index < -0.39 is 12.0 Å². The number of nitrogens with zero attached hydrogens (tertiary/aromatic N) is 1. The smallest absolute Gasteiger partial charge is 0.326 e. The number of carboxylic acid groups (broad SMARTS) is 1. The number of thiocarbonyl (C=S) groups is 1. The highest BCUT2D eigenvalue weighted by atomic mass is 32.2. The summed E-state index contributed by atoms with van der Waals surface area (Å²) in [5, 5.41) is 9.33. The van der Waals surface area contributed by atoms with Crippen molar-refractivity contribution in [1.29, 1.82) is 0 Å². The second kappa shape index (κ2) is 9.24. The number of aryl methyl sites for hydroxylation is 1. The van der Waals surface area contributed by atoms with Gasteiger partial charge in [-0.2, -0.15) is 0 Å². The average Bonchev–Trinajstić information content (AvgIpc) is 2.97. The number of hydrogen-bond acceptors (Lipinski definition) is 5. The number of thioether (sulfide) groups is 1. The Kier molecular flexibility index (Phi) is 6.71. The van der Waals surface area contributed by atoms with Crippen LogP contribution in [0.2, 0.25) is 0 Å². The van der Waals surface area contributed by atoms with Gasteiger partial charge in [0.2, 0.25) is 0 Å². The van der Waals surface area contributed by atoms with E-state index in [2.05, 4.69) is 0 Å². The van der Waals surface area contributed by atoms with Gasteiger partial charge >= 0.3 is 5.97 Å². The zero-order valence-electron chi connectivity index (χ0n) is 16.1. The van der Waals surface area contributed by atoms with Gasteiger partial charge in [0.05, 0.1) is 4.91 Å². The molecule has 3 rings (SSSR count). The second-order valence-corrected chi connectivity index (χ2v) is 8.33. The van der Waals surface area contributed by atoms with Crippen LogP contribution >= 0.6 is 24.0 Å². The fraction of sp³-hybridized carbons (Fsp3) is 0.227. The lowest BCUT2D eigenvalue weighted by molar-refractivity contribution is -0.145. The molecule has 0 spiro atoms. The predicted octanol–water partition coefficient (Wildman–Crippen LogP) is 4.64. The first-order valence-corrected chi connectivity index (χ1v) is 10.4. The summed E-state index contributed by atoms with van der Waals surface area (Å²) >= 11 is 6.35. The molecule has 7 heteroatoms. The molecule has 0 aliphatic carbocycles. The van der Waals surface area contributed by atoms with Gasteiger partial charge in [0.25, 0.3) is 5.91 Å². The third-order valence-corrected chi connectivity index (χ3v) is 5.84. The fourth-order valence-electron chi connectivity index (χ4n) is 2.88. The lowest BCUT2D eigenvalue weighted by Gasteiger charge is -2.21. The first-order valence-electron chi connectivity index (χ1n) is 9.17. The molecule has 0 saturated carbocycles. The number of rotatable bonds is 7. The molecule has 2 aromatic rings. The monoisotopic (exact) mass is 427 g/mol. The van der Waals surface area contributed by atoms with Crippen LogP contribution in [0.1, 0.15) is 30.0 Å². The number of carbonyl (C=O) groups excluding carboxylic acids is 1. The number of aliphatic carboxylic acids is 1. The molecule has 0 aromatic heterocycles. The highest BCUT2D eigenvalue weighted by Crippen LogP contribution is 2.34. The Morgan fingerprint density at radius 1 is 1.21 bits per heavy atom. The number of ether oxygens (including phenoxy) is 1. The molecular weight excluding hydrogens is 406 g/mol. The second-order valence-electron chi connectivity index (χ2n) is 6.66. The molecule has 1 fully saturated rings. The minimum atomic E-state index is -1.06. The summed E-state index contributed by atoms with van der Waals surface area (Å²) in [6, 6.07) is 14.6. The molecule has 0 radical (unpaired) electrons. The van der Waals surface area contributed by atoms with Crippen LogP contribution in [0.3, 0.4) is 0 Å². The van der Waals surface area contributed by atoms with Crippen molar-refractivity contribution in [3.63, 3.8) is 0 Å². The van der Waals surface area contributed by atoms with E-state index in [1.54, 1.807) is 13.0 Å². The summed E-state index contributed by atoms with van der Waals surface area (Å²) in [5.41, 5.74) is 3.11. The molecular formula is C22H21NO4S2. The van der Waals surface area contributed by atoms with E-state index in [4.69, 9.17) is 17.0 Å². The van der Waals surface area contributed by atoms with Crippen molar-refractivity contribution in [3.05, 3.63) is 70.1 Å². The summed E-state index contributed by atoms with van der Waals surface area (Å²) in [5.74, 6) is -0.693. The Labute approximate surface area is 179 Å². The van der Waals surface area contributed by atoms with E-state index in [0.29, 0.717) is 17.9 Å². The van der Waals surface area contributed by atoms with Crippen LogP contribution in [0.15, 0.2) is 53.4 Å². The molecule has 1 aliphatic rings. The van der Waals surface area contributed by atoms with Crippen molar-refractivity contribution < 1.29 is 19.4 Å². The third kappa shape index (κ3) is 5.05. The molecule has 1 aliphatic heterocycles. The van der Waals surface area contributed by atoms with Gasteiger partial charge < -0.3 is 9.84 Å². The largest absolute Gasteiger partial charge is 0.489 e. The number of benzene rings is 2. The van der Waals surface area contributed by atoms with Crippen LogP contribution in [0, 0.1) is 6.92 Å². The van der Waals surface area contributed by atoms with Gasteiger partial charge in [-0.3, -0.25) is 9.69 Å². The molecule has 1 saturated heterocycles. The van der Waals surface area contributed by atoms with Crippen LogP contribution in [0.4, 0.5) is 0 Å². The van der Waals surface area contributed by atoms with Gasteiger partial charge in [-0.1, -0.05) is 72.9 Å². The maximum atomic E-state index is 12.6. The number of carboxylic acids is 1. The van der Waals surface area contributed by atoms with E-state index in [-0.39, 0.29) is 10.2 Å². The predicted molar refractivity (Wildman–Crippen MR) is 119 cm³/mol. The third-order valence-electron chi connectivity index (χ3n) is 4.51. The van der Waals surface area contributed by atoms with Gasteiger partial charge in [-0.15, -0.1) is 0 Å².